The lowest BCUT2D eigenvalue weighted by atomic mass is 10.1. The van der Waals surface area contributed by atoms with Crippen LogP contribution < -0.4 is 15.0 Å². The molecule has 1 aliphatic rings. The molecule has 1 N–H and O–H groups in total. The van der Waals surface area contributed by atoms with E-state index in [1.165, 1.54) is 0 Å². The van der Waals surface area contributed by atoms with Crippen LogP contribution in [0.3, 0.4) is 0 Å². The summed E-state index contributed by atoms with van der Waals surface area (Å²) < 4.78 is 5.37. The van der Waals surface area contributed by atoms with Gasteiger partial charge in [-0.1, -0.05) is 19.4 Å². The lowest BCUT2D eigenvalue weighted by Gasteiger charge is -2.25. The van der Waals surface area contributed by atoms with Crippen LogP contribution in [0.5, 0.6) is 5.75 Å². The van der Waals surface area contributed by atoms with Crippen molar-refractivity contribution < 1.29 is 14.3 Å². The molecule has 114 valence electrons. The van der Waals surface area contributed by atoms with E-state index in [1.807, 2.05) is 32.0 Å². The minimum absolute atomic E-state index is 0.0633. The molecule has 0 aromatic heterocycles. The van der Waals surface area contributed by atoms with Crippen molar-refractivity contribution in [3.63, 3.8) is 0 Å². The van der Waals surface area contributed by atoms with E-state index in [-0.39, 0.29) is 11.8 Å². The Hall–Kier alpha value is -2.04. The number of anilines is 1. The maximum absolute atomic E-state index is 12.7. The minimum atomic E-state index is -0.449. The molecule has 5 heteroatoms. The Morgan fingerprint density at radius 1 is 1.38 bits per heavy atom. The number of carbonyl (C=O) groups excluding carboxylic acids is 2. The van der Waals surface area contributed by atoms with Gasteiger partial charge in [-0.25, -0.2) is 0 Å². The van der Waals surface area contributed by atoms with Gasteiger partial charge in [0.25, 0.3) is 0 Å². The van der Waals surface area contributed by atoms with Crippen molar-refractivity contribution >= 4 is 17.5 Å². The highest BCUT2D eigenvalue weighted by molar-refractivity contribution is 6.02. The Morgan fingerprint density at radius 3 is 2.81 bits per heavy atom. The first-order valence-electron chi connectivity index (χ1n) is 7.32. The molecule has 1 heterocycles. The van der Waals surface area contributed by atoms with Crippen LogP contribution in [-0.4, -0.2) is 31.5 Å². The van der Waals surface area contributed by atoms with Gasteiger partial charge in [0, 0.05) is 13.0 Å². The number of rotatable bonds is 4. The summed E-state index contributed by atoms with van der Waals surface area (Å²) >= 11 is 0. The van der Waals surface area contributed by atoms with Crippen molar-refractivity contribution in [2.24, 2.45) is 0 Å². The summed E-state index contributed by atoms with van der Waals surface area (Å²) in [5.41, 5.74) is 1.79. The normalized spacial score (nSPS) is 19.2. The van der Waals surface area contributed by atoms with Crippen molar-refractivity contribution in [3.05, 3.63) is 23.8 Å². The second-order valence-corrected chi connectivity index (χ2v) is 5.32. The van der Waals surface area contributed by atoms with Crippen LogP contribution in [0.1, 0.15) is 31.7 Å². The molecule has 1 atom stereocenters. The van der Waals surface area contributed by atoms with Crippen molar-refractivity contribution in [2.75, 3.05) is 18.6 Å². The van der Waals surface area contributed by atoms with Crippen LogP contribution in [0.15, 0.2) is 18.2 Å². The first-order valence-corrected chi connectivity index (χ1v) is 7.32. The SMILES string of the molecule is CCCC1NC(=O)CCN(c2cc(C)ccc2OC)C1=O. The molecule has 0 spiro atoms. The van der Waals surface area contributed by atoms with Crippen LogP contribution >= 0.6 is 0 Å². The summed E-state index contributed by atoms with van der Waals surface area (Å²) in [6.45, 7) is 4.35. The number of benzene rings is 1. The molecule has 21 heavy (non-hydrogen) atoms. The molecule has 0 aliphatic carbocycles. The number of nitrogens with zero attached hydrogens (tertiary/aromatic N) is 1. The Labute approximate surface area is 125 Å². The molecule has 1 aromatic carbocycles. The first kappa shape index (κ1) is 15.4. The smallest absolute Gasteiger partial charge is 0.249 e. The zero-order valence-corrected chi connectivity index (χ0v) is 12.8. The molecule has 2 amide bonds. The van der Waals surface area contributed by atoms with E-state index in [0.717, 1.165) is 17.7 Å². The van der Waals surface area contributed by atoms with Gasteiger partial charge in [-0.3, -0.25) is 9.59 Å². The lowest BCUT2D eigenvalue weighted by molar-refractivity contribution is -0.125. The minimum Gasteiger partial charge on any atom is -0.495 e. The predicted octanol–water partition coefficient (Wildman–Crippen LogP) is 2.03. The number of nitrogens with one attached hydrogen (secondary N) is 1. The third kappa shape index (κ3) is 3.35. The second-order valence-electron chi connectivity index (χ2n) is 5.32. The van der Waals surface area contributed by atoms with Gasteiger partial charge >= 0.3 is 0 Å². The molecule has 0 bridgehead atoms. The van der Waals surface area contributed by atoms with Crippen molar-refractivity contribution in [1.82, 2.24) is 5.32 Å². The number of amides is 2. The molecule has 1 unspecified atom stereocenters. The van der Waals surface area contributed by atoms with Crippen molar-refractivity contribution in [2.45, 2.75) is 39.2 Å². The van der Waals surface area contributed by atoms with E-state index in [0.29, 0.717) is 25.1 Å². The zero-order valence-electron chi connectivity index (χ0n) is 12.8. The quantitative estimate of drug-likeness (QED) is 0.923. The fourth-order valence-electron chi connectivity index (χ4n) is 2.57. The fraction of sp³-hybridized carbons (Fsp3) is 0.500. The van der Waals surface area contributed by atoms with Crippen LogP contribution in [0, 0.1) is 6.92 Å². The number of methoxy groups -OCH3 is 1. The molecule has 5 nitrogen and oxygen atoms in total. The van der Waals surface area contributed by atoms with E-state index >= 15 is 0 Å². The van der Waals surface area contributed by atoms with Crippen molar-refractivity contribution in [3.8, 4) is 5.75 Å². The van der Waals surface area contributed by atoms with Gasteiger partial charge in [0.2, 0.25) is 11.8 Å². The van der Waals surface area contributed by atoms with Gasteiger partial charge in [0.15, 0.2) is 0 Å². The number of hydrogen-bond donors (Lipinski definition) is 1. The Kier molecular flexibility index (Phi) is 4.83. The van der Waals surface area contributed by atoms with Crippen LogP contribution in [0.2, 0.25) is 0 Å². The van der Waals surface area contributed by atoms with Gasteiger partial charge in [0.1, 0.15) is 11.8 Å². The van der Waals surface area contributed by atoms with E-state index in [9.17, 15) is 9.59 Å². The number of ether oxygens (including phenoxy) is 1. The maximum atomic E-state index is 12.7. The zero-order chi connectivity index (χ0) is 15.4. The maximum Gasteiger partial charge on any atom is 0.249 e. The molecule has 2 rings (SSSR count). The number of aryl methyl sites for hydroxylation is 1. The third-order valence-electron chi connectivity index (χ3n) is 3.66. The first-order chi connectivity index (χ1) is 10.1. The average Bonchev–Trinajstić information content (AvgIpc) is 2.59. The Morgan fingerprint density at radius 2 is 2.14 bits per heavy atom. The highest BCUT2D eigenvalue weighted by Gasteiger charge is 2.31. The molecule has 1 saturated heterocycles. The molecule has 0 saturated carbocycles. The monoisotopic (exact) mass is 290 g/mol. The van der Waals surface area contributed by atoms with E-state index < -0.39 is 6.04 Å². The highest BCUT2D eigenvalue weighted by atomic mass is 16.5. The van der Waals surface area contributed by atoms with Crippen molar-refractivity contribution in [1.29, 1.82) is 0 Å². The van der Waals surface area contributed by atoms with Crippen LogP contribution in [0.25, 0.3) is 0 Å². The molecular formula is C16H22N2O3. The third-order valence-corrected chi connectivity index (χ3v) is 3.66. The van der Waals surface area contributed by atoms with Gasteiger partial charge in [-0.15, -0.1) is 0 Å². The highest BCUT2D eigenvalue weighted by Crippen LogP contribution is 2.30. The Bertz CT molecular complexity index is 542. The number of carbonyl (C=O) groups is 2. The van der Waals surface area contributed by atoms with E-state index in [1.54, 1.807) is 12.0 Å². The molecule has 1 fully saturated rings. The predicted molar refractivity (Wildman–Crippen MR) is 81.5 cm³/mol. The Balaban J connectivity index is 2.38. The molecular weight excluding hydrogens is 268 g/mol. The van der Waals surface area contributed by atoms with Gasteiger partial charge in [-0.2, -0.15) is 0 Å². The van der Waals surface area contributed by atoms with Crippen LogP contribution in [-0.2, 0) is 9.59 Å². The number of hydrogen-bond acceptors (Lipinski definition) is 3. The second kappa shape index (κ2) is 6.61. The standard InChI is InChI=1S/C16H22N2O3/c1-4-5-12-16(20)18(9-8-15(19)17-12)13-10-11(2)6-7-14(13)21-3/h6-7,10,12H,4-5,8-9H2,1-3H3,(H,17,19). The largest absolute Gasteiger partial charge is 0.495 e. The molecule has 1 aromatic rings. The van der Waals surface area contributed by atoms with Crippen LogP contribution in [0.4, 0.5) is 5.69 Å². The van der Waals surface area contributed by atoms with Gasteiger partial charge < -0.3 is 15.0 Å². The summed E-state index contributed by atoms with van der Waals surface area (Å²) in [5.74, 6) is 0.515. The summed E-state index contributed by atoms with van der Waals surface area (Å²) in [4.78, 5) is 26.2. The van der Waals surface area contributed by atoms with Gasteiger partial charge in [0.05, 0.1) is 12.8 Å². The lowest BCUT2D eigenvalue weighted by Crippen LogP contribution is -2.44. The summed E-state index contributed by atoms with van der Waals surface area (Å²) in [6, 6.07) is 5.27. The summed E-state index contributed by atoms with van der Waals surface area (Å²) in [6.07, 6.45) is 1.80. The molecule has 0 radical (unpaired) electrons. The summed E-state index contributed by atoms with van der Waals surface area (Å²) in [5, 5.41) is 2.81. The molecule has 1 aliphatic heterocycles. The van der Waals surface area contributed by atoms with E-state index in [2.05, 4.69) is 5.32 Å². The van der Waals surface area contributed by atoms with Gasteiger partial charge in [-0.05, 0) is 31.0 Å². The average molecular weight is 290 g/mol. The fourth-order valence-corrected chi connectivity index (χ4v) is 2.57. The summed E-state index contributed by atoms with van der Waals surface area (Å²) in [7, 11) is 1.59. The van der Waals surface area contributed by atoms with E-state index in [4.69, 9.17) is 4.74 Å². The topological polar surface area (TPSA) is 58.6 Å².